The zero-order valence-electron chi connectivity index (χ0n) is 10.4. The molecule has 0 bridgehead atoms. The van der Waals surface area contributed by atoms with E-state index in [1.807, 2.05) is 14.1 Å². The summed E-state index contributed by atoms with van der Waals surface area (Å²) in [6, 6.07) is 5.84. The van der Waals surface area contributed by atoms with E-state index >= 15 is 0 Å². The Balaban J connectivity index is 2.40. The van der Waals surface area contributed by atoms with Crippen LogP contribution in [0.25, 0.3) is 0 Å². The molecule has 98 valence electrons. The Kier molecular flexibility index (Phi) is 5.61. The van der Waals surface area contributed by atoms with Crippen molar-refractivity contribution in [1.82, 2.24) is 10.6 Å². The zero-order chi connectivity index (χ0) is 13.5. The van der Waals surface area contributed by atoms with Crippen LogP contribution in [0.5, 0.6) is 0 Å². The average molecular weight is 271 g/mol. The molecule has 0 atom stereocenters. The van der Waals surface area contributed by atoms with Crippen LogP contribution in [-0.4, -0.2) is 39.1 Å². The first-order chi connectivity index (χ1) is 8.49. The molecule has 0 heterocycles. The van der Waals surface area contributed by atoms with Crippen LogP contribution in [0.15, 0.2) is 24.3 Å². The smallest absolute Gasteiger partial charge is 0.321 e. The molecule has 0 radical (unpaired) electrons. The molecule has 0 aliphatic heterocycles. The van der Waals surface area contributed by atoms with E-state index in [9.17, 15) is 9.59 Å². The summed E-state index contributed by atoms with van der Waals surface area (Å²) in [7, 11) is 3.97. The third kappa shape index (κ3) is 5.16. The molecular weight excluding hydrogens is 254 g/mol. The molecule has 18 heavy (non-hydrogen) atoms. The third-order valence-corrected chi connectivity index (χ3v) is 2.50. The number of rotatable bonds is 4. The second-order valence-electron chi connectivity index (χ2n) is 4.17. The Morgan fingerprint density at radius 3 is 2.39 bits per heavy atom. The quantitative estimate of drug-likeness (QED) is 0.717. The van der Waals surface area contributed by atoms with Gasteiger partial charge in [-0.05, 0) is 24.3 Å². The minimum absolute atomic E-state index is 0.396. The Morgan fingerprint density at radius 1 is 1.22 bits per heavy atom. The van der Waals surface area contributed by atoms with Gasteiger partial charge in [-0.25, -0.2) is 4.79 Å². The number of hydrogen-bond donors (Lipinski definition) is 3. The molecular formula is C12H17ClN3O2+. The first-order valence-corrected chi connectivity index (χ1v) is 6.00. The van der Waals surface area contributed by atoms with Crippen LogP contribution in [0.3, 0.4) is 0 Å². The predicted octanol–water partition coefficient (Wildman–Crippen LogP) is -0.0761. The normalized spacial score (nSPS) is 10.2. The topological polar surface area (TPSA) is 62.6 Å². The van der Waals surface area contributed by atoms with Crippen molar-refractivity contribution in [2.45, 2.75) is 0 Å². The molecule has 0 unspecified atom stereocenters. The minimum Gasteiger partial charge on any atom is -0.338 e. The van der Waals surface area contributed by atoms with Gasteiger partial charge in [-0.15, -0.1) is 0 Å². The van der Waals surface area contributed by atoms with Gasteiger partial charge in [0.05, 0.1) is 27.2 Å². The number of likely N-dealkylation sites (N-methyl/N-ethyl adjacent to an activating group) is 1. The Bertz CT molecular complexity index is 418. The Hall–Kier alpha value is -1.59. The van der Waals surface area contributed by atoms with Gasteiger partial charge in [0, 0.05) is 10.6 Å². The molecule has 0 aromatic heterocycles. The number of carbonyl (C=O) groups excluding carboxylic acids is 2. The number of urea groups is 1. The van der Waals surface area contributed by atoms with Crippen LogP contribution < -0.4 is 15.5 Å². The molecule has 0 fully saturated rings. The van der Waals surface area contributed by atoms with E-state index in [1.54, 1.807) is 24.3 Å². The van der Waals surface area contributed by atoms with Gasteiger partial charge >= 0.3 is 6.03 Å². The summed E-state index contributed by atoms with van der Waals surface area (Å²) in [5, 5.41) is 5.40. The van der Waals surface area contributed by atoms with Gasteiger partial charge in [0.25, 0.3) is 5.91 Å². The molecule has 6 heteroatoms. The highest BCUT2D eigenvalue weighted by atomic mass is 35.5. The summed E-state index contributed by atoms with van der Waals surface area (Å²) < 4.78 is 0. The largest absolute Gasteiger partial charge is 0.338 e. The maximum Gasteiger partial charge on any atom is 0.321 e. The van der Waals surface area contributed by atoms with Gasteiger partial charge in [0.1, 0.15) is 0 Å². The van der Waals surface area contributed by atoms with Crippen molar-refractivity contribution in [3.05, 3.63) is 34.9 Å². The van der Waals surface area contributed by atoms with Crippen molar-refractivity contribution in [3.63, 3.8) is 0 Å². The lowest BCUT2D eigenvalue weighted by molar-refractivity contribution is -0.856. The van der Waals surface area contributed by atoms with E-state index in [4.69, 9.17) is 11.6 Å². The summed E-state index contributed by atoms with van der Waals surface area (Å²) in [6.07, 6.45) is 0. The lowest BCUT2D eigenvalue weighted by atomic mass is 10.2. The van der Waals surface area contributed by atoms with Crippen molar-refractivity contribution in [2.24, 2.45) is 0 Å². The summed E-state index contributed by atoms with van der Waals surface area (Å²) in [5.41, 5.74) is 0.396. The first kappa shape index (κ1) is 14.5. The molecule has 1 rings (SSSR count). The third-order valence-electron chi connectivity index (χ3n) is 2.24. The number of hydrogen-bond acceptors (Lipinski definition) is 2. The highest BCUT2D eigenvalue weighted by Gasteiger charge is 2.09. The van der Waals surface area contributed by atoms with Crippen LogP contribution in [0.4, 0.5) is 4.79 Å². The monoisotopic (exact) mass is 270 g/mol. The number of quaternary nitrogens is 1. The maximum absolute atomic E-state index is 11.6. The molecule has 0 spiro atoms. The van der Waals surface area contributed by atoms with Crippen molar-refractivity contribution < 1.29 is 14.5 Å². The van der Waals surface area contributed by atoms with Crippen LogP contribution in [-0.2, 0) is 0 Å². The number of benzene rings is 1. The summed E-state index contributed by atoms with van der Waals surface area (Å²) in [5.74, 6) is -0.443. The molecule has 0 aliphatic carbocycles. The lowest BCUT2D eigenvalue weighted by Crippen LogP contribution is -3.06. The average Bonchev–Trinajstić information content (AvgIpc) is 2.29. The van der Waals surface area contributed by atoms with Crippen molar-refractivity contribution in [3.8, 4) is 0 Å². The van der Waals surface area contributed by atoms with Gasteiger partial charge in [-0.3, -0.25) is 10.1 Å². The fraction of sp³-hybridized carbons (Fsp3) is 0.333. The standard InChI is InChI=1S/C12H16ClN3O2/c1-16(2)8-7-14-12(18)15-11(17)9-3-5-10(13)6-4-9/h3-6H,7-8H2,1-2H3,(H2,14,15,17,18)/p+1. The first-order valence-electron chi connectivity index (χ1n) is 5.63. The molecule has 3 N–H and O–H groups in total. The second-order valence-corrected chi connectivity index (χ2v) is 4.61. The predicted molar refractivity (Wildman–Crippen MR) is 70.0 cm³/mol. The molecule has 5 nitrogen and oxygen atoms in total. The Labute approximate surface area is 111 Å². The SMILES string of the molecule is C[NH+](C)CCNC(=O)NC(=O)c1ccc(Cl)cc1. The van der Waals surface area contributed by atoms with Gasteiger partial charge in [-0.1, -0.05) is 11.6 Å². The van der Waals surface area contributed by atoms with E-state index in [0.29, 0.717) is 17.1 Å². The number of imide groups is 1. The summed E-state index contributed by atoms with van der Waals surface area (Å²) in [4.78, 5) is 24.3. The summed E-state index contributed by atoms with van der Waals surface area (Å²) in [6.45, 7) is 1.31. The minimum atomic E-state index is -0.490. The molecule has 0 saturated heterocycles. The van der Waals surface area contributed by atoms with Gasteiger partial charge in [-0.2, -0.15) is 0 Å². The zero-order valence-corrected chi connectivity index (χ0v) is 11.2. The molecule has 0 aliphatic rings. The van der Waals surface area contributed by atoms with E-state index < -0.39 is 11.9 Å². The van der Waals surface area contributed by atoms with Crippen LogP contribution >= 0.6 is 11.6 Å². The molecule has 0 saturated carbocycles. The number of amides is 3. The van der Waals surface area contributed by atoms with Crippen molar-refractivity contribution in [2.75, 3.05) is 27.2 Å². The van der Waals surface area contributed by atoms with Crippen molar-refractivity contribution in [1.29, 1.82) is 0 Å². The highest BCUT2D eigenvalue weighted by Crippen LogP contribution is 2.09. The molecule has 1 aromatic carbocycles. The summed E-state index contributed by atoms with van der Waals surface area (Å²) >= 11 is 5.71. The number of nitrogens with one attached hydrogen (secondary N) is 3. The van der Waals surface area contributed by atoms with Gasteiger partial charge in [0.15, 0.2) is 0 Å². The van der Waals surface area contributed by atoms with Crippen LogP contribution in [0.1, 0.15) is 10.4 Å². The van der Waals surface area contributed by atoms with E-state index in [1.165, 1.54) is 4.90 Å². The van der Waals surface area contributed by atoms with Crippen LogP contribution in [0.2, 0.25) is 5.02 Å². The highest BCUT2D eigenvalue weighted by molar-refractivity contribution is 6.30. The second kappa shape index (κ2) is 6.98. The van der Waals surface area contributed by atoms with E-state index in [-0.39, 0.29) is 0 Å². The Morgan fingerprint density at radius 2 is 1.83 bits per heavy atom. The lowest BCUT2D eigenvalue weighted by Gasteiger charge is -2.09. The fourth-order valence-electron chi connectivity index (χ4n) is 1.25. The van der Waals surface area contributed by atoms with Gasteiger partial charge in [0.2, 0.25) is 0 Å². The molecule has 3 amide bonds. The maximum atomic E-state index is 11.6. The van der Waals surface area contributed by atoms with Crippen molar-refractivity contribution >= 4 is 23.5 Å². The van der Waals surface area contributed by atoms with Crippen LogP contribution in [0, 0.1) is 0 Å². The van der Waals surface area contributed by atoms with E-state index in [0.717, 1.165) is 6.54 Å². The van der Waals surface area contributed by atoms with E-state index in [2.05, 4.69) is 10.6 Å². The molecule has 1 aromatic rings. The number of carbonyl (C=O) groups is 2. The number of halogens is 1. The fourth-order valence-corrected chi connectivity index (χ4v) is 1.37. The van der Waals surface area contributed by atoms with Gasteiger partial charge < -0.3 is 10.2 Å².